The molecule has 4 bridgehead atoms. The van der Waals surface area contributed by atoms with Crippen molar-refractivity contribution in [3.8, 4) is 22.3 Å². The Hall–Kier alpha value is -4.53. The first-order valence-electron chi connectivity index (χ1n) is 21.3. The molecule has 12 rings (SSSR count). The van der Waals surface area contributed by atoms with Crippen LogP contribution in [-0.4, -0.2) is 0 Å². The molecule has 56 heavy (non-hydrogen) atoms. The molecule has 0 saturated heterocycles. The van der Waals surface area contributed by atoms with E-state index in [0.29, 0.717) is 11.8 Å². The van der Waals surface area contributed by atoms with Crippen molar-refractivity contribution in [3.63, 3.8) is 0 Å². The predicted molar refractivity (Wildman–Crippen MR) is 236 cm³/mol. The first-order chi connectivity index (χ1) is 27.2. The summed E-state index contributed by atoms with van der Waals surface area (Å²) in [4.78, 5) is 5.61. The van der Waals surface area contributed by atoms with Crippen LogP contribution in [0.25, 0.3) is 22.3 Å². The topological polar surface area (TPSA) is 3.24 Å². The van der Waals surface area contributed by atoms with Gasteiger partial charge >= 0.3 is 0 Å². The fraction of sp³-hybridized carbons (Fsp3) is 0.333. The van der Waals surface area contributed by atoms with Crippen molar-refractivity contribution >= 4 is 28.8 Å². The fourth-order valence-corrected chi connectivity index (χ4v) is 14.0. The van der Waals surface area contributed by atoms with E-state index in [-0.39, 0.29) is 16.2 Å². The molecule has 1 heterocycles. The number of benzene rings is 6. The molecule has 6 aliphatic rings. The Morgan fingerprint density at radius 1 is 0.482 bits per heavy atom. The van der Waals surface area contributed by atoms with Crippen LogP contribution >= 0.6 is 11.8 Å². The third-order valence-electron chi connectivity index (χ3n) is 15.2. The second kappa shape index (κ2) is 12.7. The molecule has 2 heteroatoms. The van der Waals surface area contributed by atoms with E-state index in [1.165, 1.54) is 105 Å². The van der Waals surface area contributed by atoms with Crippen LogP contribution < -0.4 is 4.90 Å². The monoisotopic (exact) mass is 747 g/mol. The molecule has 0 N–H and O–H groups in total. The Morgan fingerprint density at radius 2 is 1.04 bits per heavy atom. The summed E-state index contributed by atoms with van der Waals surface area (Å²) in [6.45, 7) is 9.89. The van der Waals surface area contributed by atoms with Gasteiger partial charge in [-0.05, 0) is 154 Å². The minimum atomic E-state index is 0.0471. The van der Waals surface area contributed by atoms with Crippen molar-refractivity contribution in [2.75, 3.05) is 4.90 Å². The SMILES string of the molecule is CC1(C)CCC(C)(C)c2c(N(c3ccc(-c4ccccc4)cc3)c3cccc4c3Sc3cc(-c5ccccc5)ccc3C43C4CC5CC(C4)CC3C5)cccc21. The molecule has 0 amide bonds. The summed E-state index contributed by atoms with van der Waals surface area (Å²) in [5.74, 6) is 3.19. The van der Waals surface area contributed by atoms with Crippen LogP contribution in [-0.2, 0) is 16.2 Å². The van der Waals surface area contributed by atoms with Gasteiger partial charge in [-0.3, -0.25) is 0 Å². The highest BCUT2D eigenvalue weighted by Gasteiger charge is 2.61. The van der Waals surface area contributed by atoms with E-state index in [0.717, 1.165) is 11.8 Å². The molecule has 4 fully saturated rings. The van der Waals surface area contributed by atoms with Gasteiger partial charge in [0.2, 0.25) is 0 Å². The normalized spacial score (nSPS) is 26.0. The van der Waals surface area contributed by atoms with E-state index in [4.69, 9.17) is 0 Å². The molecule has 0 aromatic heterocycles. The van der Waals surface area contributed by atoms with E-state index in [9.17, 15) is 0 Å². The van der Waals surface area contributed by atoms with Gasteiger partial charge in [0.05, 0.1) is 11.4 Å². The van der Waals surface area contributed by atoms with Crippen LogP contribution in [0.1, 0.15) is 94.9 Å². The van der Waals surface area contributed by atoms with Crippen molar-refractivity contribution in [2.24, 2.45) is 23.7 Å². The average Bonchev–Trinajstić information content (AvgIpc) is 3.22. The molecular formula is C54H53NS. The van der Waals surface area contributed by atoms with E-state index < -0.39 is 0 Å². The summed E-state index contributed by atoms with van der Waals surface area (Å²) in [6.07, 6.45) is 9.34. The lowest BCUT2D eigenvalue weighted by atomic mass is 9.42. The standard InChI is InChI=1S/C54H53NS/c1-52(2)27-28-53(3,4)50-45(52)17-11-19-47(50)55(43-24-21-39(22-25-43)37-13-7-5-8-14-37)48-20-12-18-46-51(48)56-49-34-40(38-15-9-6-10-16-38)23-26-44(49)54(46)41-30-35-29-36(32-41)33-42(54)31-35/h5-26,34-36,41-42H,27-33H2,1-4H3. The molecular weight excluding hydrogens is 695 g/mol. The van der Waals surface area contributed by atoms with Crippen molar-refractivity contribution in [1.29, 1.82) is 0 Å². The molecule has 6 aromatic carbocycles. The Balaban J connectivity index is 1.16. The van der Waals surface area contributed by atoms with Crippen LogP contribution in [0.15, 0.2) is 149 Å². The van der Waals surface area contributed by atoms with E-state index >= 15 is 0 Å². The van der Waals surface area contributed by atoms with Crippen LogP contribution in [0, 0.1) is 23.7 Å². The Morgan fingerprint density at radius 3 is 1.70 bits per heavy atom. The van der Waals surface area contributed by atoms with Crippen LogP contribution in [0.3, 0.4) is 0 Å². The molecule has 0 atom stereocenters. The van der Waals surface area contributed by atoms with Crippen molar-refractivity contribution in [1.82, 2.24) is 0 Å². The second-order valence-electron chi connectivity index (χ2n) is 19.2. The zero-order chi connectivity index (χ0) is 37.8. The van der Waals surface area contributed by atoms with Gasteiger partial charge in [-0.2, -0.15) is 0 Å². The lowest BCUT2D eigenvalue weighted by Crippen LogP contribution is -2.57. The summed E-state index contributed by atoms with van der Waals surface area (Å²) in [5, 5.41) is 0. The van der Waals surface area contributed by atoms with E-state index in [1.54, 1.807) is 11.1 Å². The molecule has 6 aromatic rings. The average molecular weight is 748 g/mol. The number of anilines is 3. The number of fused-ring (bicyclic) bond motifs is 3. The van der Waals surface area contributed by atoms with Gasteiger partial charge in [0.25, 0.3) is 0 Å². The van der Waals surface area contributed by atoms with Gasteiger partial charge in [-0.1, -0.05) is 149 Å². The summed E-state index contributed by atoms with van der Waals surface area (Å²) in [6, 6.07) is 53.5. The third-order valence-corrected chi connectivity index (χ3v) is 16.3. The lowest BCUT2D eigenvalue weighted by Gasteiger charge is -2.63. The highest BCUT2D eigenvalue weighted by molar-refractivity contribution is 7.99. The van der Waals surface area contributed by atoms with Crippen LogP contribution in [0.2, 0.25) is 0 Å². The molecule has 1 spiro atoms. The molecule has 1 aliphatic heterocycles. The number of hydrogen-bond acceptors (Lipinski definition) is 2. The maximum atomic E-state index is 2.68. The van der Waals surface area contributed by atoms with Gasteiger partial charge in [0.1, 0.15) is 0 Å². The minimum Gasteiger partial charge on any atom is -0.309 e. The Bertz CT molecular complexity index is 2430. The van der Waals surface area contributed by atoms with Gasteiger partial charge in [-0.15, -0.1) is 0 Å². The quantitative estimate of drug-likeness (QED) is 0.173. The lowest BCUT2D eigenvalue weighted by molar-refractivity contribution is -0.0443. The molecule has 4 saturated carbocycles. The predicted octanol–water partition coefficient (Wildman–Crippen LogP) is 15.0. The van der Waals surface area contributed by atoms with Crippen molar-refractivity contribution < 1.29 is 0 Å². The van der Waals surface area contributed by atoms with E-state index in [2.05, 4.69) is 172 Å². The van der Waals surface area contributed by atoms with Crippen molar-refractivity contribution in [3.05, 3.63) is 162 Å². The summed E-state index contributed by atoms with van der Waals surface area (Å²) >= 11 is 2.05. The molecule has 0 radical (unpaired) electrons. The molecule has 0 unspecified atom stereocenters. The van der Waals surface area contributed by atoms with Gasteiger partial charge in [0.15, 0.2) is 0 Å². The maximum absolute atomic E-state index is 2.68. The highest BCUT2D eigenvalue weighted by atomic mass is 32.2. The number of hydrogen-bond donors (Lipinski definition) is 0. The Kier molecular flexibility index (Phi) is 7.89. The smallest absolute Gasteiger partial charge is 0.0604 e. The van der Waals surface area contributed by atoms with E-state index in [1.807, 2.05) is 11.8 Å². The summed E-state index contributed by atoms with van der Waals surface area (Å²) in [5.41, 5.74) is 15.5. The molecule has 280 valence electrons. The third kappa shape index (κ3) is 5.20. The highest BCUT2D eigenvalue weighted by Crippen LogP contribution is 2.70. The Labute approximate surface area is 338 Å². The zero-order valence-corrected chi connectivity index (χ0v) is 34.2. The zero-order valence-electron chi connectivity index (χ0n) is 33.4. The fourth-order valence-electron chi connectivity index (χ4n) is 12.7. The first kappa shape index (κ1) is 34.7. The van der Waals surface area contributed by atoms with Crippen LogP contribution in [0.5, 0.6) is 0 Å². The minimum absolute atomic E-state index is 0.0471. The van der Waals surface area contributed by atoms with Gasteiger partial charge < -0.3 is 4.90 Å². The second-order valence-corrected chi connectivity index (χ2v) is 20.3. The van der Waals surface area contributed by atoms with Crippen molar-refractivity contribution in [2.45, 2.75) is 98.7 Å². The largest absolute Gasteiger partial charge is 0.309 e. The van der Waals surface area contributed by atoms with Gasteiger partial charge in [0, 0.05) is 20.9 Å². The summed E-state index contributed by atoms with van der Waals surface area (Å²) < 4.78 is 0. The first-order valence-corrected chi connectivity index (χ1v) is 22.1. The maximum Gasteiger partial charge on any atom is 0.0604 e. The number of nitrogens with zero attached hydrogens (tertiary/aromatic N) is 1. The molecule has 5 aliphatic carbocycles. The number of rotatable bonds is 5. The summed E-state index contributed by atoms with van der Waals surface area (Å²) in [7, 11) is 0. The van der Waals surface area contributed by atoms with Gasteiger partial charge in [-0.25, -0.2) is 0 Å². The van der Waals surface area contributed by atoms with Crippen LogP contribution in [0.4, 0.5) is 17.1 Å². The molecule has 1 nitrogen and oxygen atoms in total.